The standard InChI is InChI=1S/C16H18N4O6/c1-10(14(23)17-18-15(24)11-6-4-3-5-7-11)26-13(22)9-20-12(21)8-19(2)16(20)25/h3-7,10H,8-9H2,1-2H3,(H,17,23)(H,18,24)/t10-/m0/s1. The Morgan fingerprint density at radius 1 is 1.15 bits per heavy atom. The summed E-state index contributed by atoms with van der Waals surface area (Å²) in [6, 6.07) is 7.58. The predicted octanol–water partition coefficient (Wildman–Crippen LogP) is -0.727. The Labute approximate surface area is 149 Å². The lowest BCUT2D eigenvalue weighted by molar-refractivity contribution is -0.156. The van der Waals surface area contributed by atoms with Crippen LogP contribution in [0.5, 0.6) is 0 Å². The summed E-state index contributed by atoms with van der Waals surface area (Å²) in [6.07, 6.45) is -1.23. The Morgan fingerprint density at radius 2 is 1.81 bits per heavy atom. The van der Waals surface area contributed by atoms with Crippen molar-refractivity contribution in [2.24, 2.45) is 0 Å². The van der Waals surface area contributed by atoms with Crippen molar-refractivity contribution in [2.75, 3.05) is 20.1 Å². The van der Waals surface area contributed by atoms with Gasteiger partial charge in [-0.25, -0.2) is 4.79 Å². The minimum absolute atomic E-state index is 0.117. The number of ether oxygens (including phenoxy) is 1. The zero-order chi connectivity index (χ0) is 19.3. The summed E-state index contributed by atoms with van der Waals surface area (Å²) in [5.41, 5.74) is 4.66. The van der Waals surface area contributed by atoms with E-state index in [2.05, 4.69) is 10.9 Å². The molecule has 1 saturated heterocycles. The maximum atomic E-state index is 11.9. The van der Waals surface area contributed by atoms with Gasteiger partial charge in [0.25, 0.3) is 17.7 Å². The number of rotatable bonds is 5. The molecule has 1 aliphatic rings. The van der Waals surface area contributed by atoms with E-state index in [1.807, 2.05) is 0 Å². The lowest BCUT2D eigenvalue weighted by atomic mass is 10.2. The number of amides is 5. The fraction of sp³-hybridized carbons (Fsp3) is 0.312. The quantitative estimate of drug-likeness (QED) is 0.404. The van der Waals surface area contributed by atoms with Crippen LogP contribution in [0.25, 0.3) is 0 Å². The first-order valence-corrected chi connectivity index (χ1v) is 7.69. The van der Waals surface area contributed by atoms with Gasteiger partial charge in [0.15, 0.2) is 6.10 Å². The van der Waals surface area contributed by atoms with Gasteiger partial charge < -0.3 is 9.64 Å². The van der Waals surface area contributed by atoms with Gasteiger partial charge in [0.1, 0.15) is 13.1 Å². The molecule has 0 saturated carbocycles. The molecule has 2 N–H and O–H groups in total. The van der Waals surface area contributed by atoms with Gasteiger partial charge in [0, 0.05) is 12.6 Å². The predicted molar refractivity (Wildman–Crippen MR) is 87.3 cm³/mol. The highest BCUT2D eigenvalue weighted by Gasteiger charge is 2.35. The molecule has 1 aromatic rings. The molecule has 2 rings (SSSR count). The molecular weight excluding hydrogens is 344 g/mol. The smallest absolute Gasteiger partial charge is 0.327 e. The van der Waals surface area contributed by atoms with E-state index < -0.39 is 42.4 Å². The van der Waals surface area contributed by atoms with E-state index in [0.717, 1.165) is 9.80 Å². The number of esters is 1. The summed E-state index contributed by atoms with van der Waals surface area (Å²) in [7, 11) is 1.43. The minimum atomic E-state index is -1.23. The van der Waals surface area contributed by atoms with Gasteiger partial charge in [0.05, 0.1) is 0 Å². The molecule has 0 unspecified atom stereocenters. The van der Waals surface area contributed by atoms with E-state index in [1.165, 1.54) is 14.0 Å². The molecule has 1 aromatic carbocycles. The Morgan fingerprint density at radius 3 is 2.38 bits per heavy atom. The van der Waals surface area contributed by atoms with Gasteiger partial charge in [-0.1, -0.05) is 18.2 Å². The van der Waals surface area contributed by atoms with Gasteiger partial charge in [-0.3, -0.25) is 34.9 Å². The zero-order valence-electron chi connectivity index (χ0n) is 14.2. The topological polar surface area (TPSA) is 125 Å². The van der Waals surface area contributed by atoms with E-state index in [9.17, 15) is 24.0 Å². The summed E-state index contributed by atoms with van der Waals surface area (Å²) in [6.45, 7) is 0.589. The molecule has 138 valence electrons. The number of hydrogen-bond acceptors (Lipinski definition) is 6. The van der Waals surface area contributed by atoms with Crippen molar-refractivity contribution in [3.05, 3.63) is 35.9 Å². The summed E-state index contributed by atoms with van der Waals surface area (Å²) < 4.78 is 4.88. The van der Waals surface area contributed by atoms with Crippen molar-refractivity contribution < 1.29 is 28.7 Å². The van der Waals surface area contributed by atoms with Crippen LogP contribution in [0.4, 0.5) is 4.79 Å². The number of nitrogens with one attached hydrogen (secondary N) is 2. The van der Waals surface area contributed by atoms with Crippen molar-refractivity contribution in [1.29, 1.82) is 0 Å². The van der Waals surface area contributed by atoms with Crippen LogP contribution in [0.15, 0.2) is 30.3 Å². The Kier molecular flexibility index (Phi) is 5.89. The molecular formula is C16H18N4O6. The lowest BCUT2D eigenvalue weighted by Gasteiger charge is -2.17. The van der Waals surface area contributed by atoms with E-state index >= 15 is 0 Å². The van der Waals surface area contributed by atoms with Crippen LogP contribution in [0.1, 0.15) is 17.3 Å². The third kappa shape index (κ3) is 4.56. The summed E-state index contributed by atoms with van der Waals surface area (Å²) in [5.74, 6) is -2.74. The molecule has 1 fully saturated rings. The van der Waals surface area contributed by atoms with Crippen molar-refractivity contribution >= 4 is 29.7 Å². The Bertz CT molecular complexity index is 736. The largest absolute Gasteiger partial charge is 0.451 e. The fourth-order valence-corrected chi connectivity index (χ4v) is 2.12. The van der Waals surface area contributed by atoms with Gasteiger partial charge in [-0.2, -0.15) is 0 Å². The Balaban J connectivity index is 1.79. The number of nitrogens with zero attached hydrogens (tertiary/aromatic N) is 2. The highest BCUT2D eigenvalue weighted by atomic mass is 16.5. The van der Waals surface area contributed by atoms with E-state index in [4.69, 9.17) is 4.74 Å². The molecule has 5 amide bonds. The second kappa shape index (κ2) is 8.10. The number of benzene rings is 1. The Hall–Kier alpha value is -3.43. The highest BCUT2D eigenvalue weighted by molar-refractivity contribution is 6.04. The second-order valence-corrected chi connectivity index (χ2v) is 5.56. The molecule has 0 aromatic heterocycles. The highest BCUT2D eigenvalue weighted by Crippen LogP contribution is 2.08. The number of carbonyl (C=O) groups is 5. The number of imide groups is 1. The third-order valence-corrected chi connectivity index (χ3v) is 3.53. The summed E-state index contributed by atoms with van der Waals surface area (Å²) >= 11 is 0. The SMILES string of the molecule is C[C@H](OC(=O)CN1C(=O)CN(C)C1=O)C(=O)NNC(=O)c1ccccc1. The molecule has 0 radical (unpaired) electrons. The molecule has 1 aliphatic heterocycles. The number of hydrazine groups is 1. The van der Waals surface area contributed by atoms with Crippen molar-refractivity contribution in [1.82, 2.24) is 20.7 Å². The van der Waals surface area contributed by atoms with Crippen LogP contribution in [0.2, 0.25) is 0 Å². The van der Waals surface area contributed by atoms with E-state index in [1.54, 1.807) is 30.3 Å². The molecule has 10 nitrogen and oxygen atoms in total. The van der Waals surface area contributed by atoms with Gasteiger partial charge >= 0.3 is 12.0 Å². The van der Waals surface area contributed by atoms with Crippen LogP contribution in [0, 0.1) is 0 Å². The molecule has 1 atom stereocenters. The van der Waals surface area contributed by atoms with Crippen LogP contribution >= 0.6 is 0 Å². The van der Waals surface area contributed by atoms with Crippen LogP contribution in [0.3, 0.4) is 0 Å². The van der Waals surface area contributed by atoms with Crippen LogP contribution in [-0.2, 0) is 19.1 Å². The average molecular weight is 362 g/mol. The normalized spacial score (nSPS) is 14.8. The van der Waals surface area contributed by atoms with Crippen LogP contribution in [-0.4, -0.2) is 65.8 Å². The van der Waals surface area contributed by atoms with Gasteiger partial charge in [0.2, 0.25) is 0 Å². The number of hydrogen-bond donors (Lipinski definition) is 2. The molecule has 10 heteroatoms. The van der Waals surface area contributed by atoms with Crippen molar-refractivity contribution in [2.45, 2.75) is 13.0 Å². The molecule has 0 spiro atoms. The maximum Gasteiger partial charge on any atom is 0.327 e. The molecule has 1 heterocycles. The first-order valence-electron chi connectivity index (χ1n) is 7.69. The first-order chi connectivity index (χ1) is 12.3. The monoisotopic (exact) mass is 362 g/mol. The lowest BCUT2D eigenvalue weighted by Crippen LogP contribution is -2.47. The summed E-state index contributed by atoms with van der Waals surface area (Å²) in [4.78, 5) is 60.7. The van der Waals surface area contributed by atoms with Crippen molar-refractivity contribution in [3.8, 4) is 0 Å². The van der Waals surface area contributed by atoms with Gasteiger partial charge in [-0.05, 0) is 19.1 Å². The van der Waals surface area contributed by atoms with Crippen LogP contribution < -0.4 is 10.9 Å². The molecule has 0 aliphatic carbocycles. The minimum Gasteiger partial charge on any atom is -0.451 e. The second-order valence-electron chi connectivity index (χ2n) is 5.56. The average Bonchev–Trinajstić information content (AvgIpc) is 2.86. The first kappa shape index (κ1) is 18.9. The van der Waals surface area contributed by atoms with Gasteiger partial charge in [-0.15, -0.1) is 0 Å². The number of likely N-dealkylation sites (N-methyl/N-ethyl adjacent to an activating group) is 1. The third-order valence-electron chi connectivity index (χ3n) is 3.53. The van der Waals surface area contributed by atoms with E-state index in [-0.39, 0.29) is 6.54 Å². The van der Waals surface area contributed by atoms with Crippen molar-refractivity contribution in [3.63, 3.8) is 0 Å². The fourth-order valence-electron chi connectivity index (χ4n) is 2.12. The summed E-state index contributed by atoms with van der Waals surface area (Å²) in [5, 5.41) is 0. The molecule has 26 heavy (non-hydrogen) atoms. The number of urea groups is 1. The molecule has 0 bridgehead atoms. The number of carbonyl (C=O) groups excluding carboxylic acids is 5. The zero-order valence-corrected chi connectivity index (χ0v) is 14.2. The van der Waals surface area contributed by atoms with E-state index in [0.29, 0.717) is 5.56 Å². The maximum absolute atomic E-state index is 11.9.